The summed E-state index contributed by atoms with van der Waals surface area (Å²) in [5.41, 5.74) is 3.26. The topological polar surface area (TPSA) is 50.7 Å². The summed E-state index contributed by atoms with van der Waals surface area (Å²) in [6.07, 6.45) is 1.59. The molecular formula is C13H18N2O2. The number of benzene rings is 1. The van der Waals surface area contributed by atoms with Gasteiger partial charge in [0.2, 0.25) is 5.91 Å². The predicted octanol–water partition coefficient (Wildman–Crippen LogP) is 2.19. The molecular weight excluding hydrogens is 216 g/mol. The van der Waals surface area contributed by atoms with Crippen LogP contribution in [0.5, 0.6) is 5.75 Å². The quantitative estimate of drug-likeness (QED) is 0.627. The minimum atomic E-state index is -0.182. The molecule has 0 radical (unpaired) electrons. The average molecular weight is 234 g/mol. The zero-order valence-corrected chi connectivity index (χ0v) is 10.4. The van der Waals surface area contributed by atoms with Crippen molar-refractivity contribution in [3.05, 3.63) is 29.8 Å². The van der Waals surface area contributed by atoms with Crippen molar-refractivity contribution in [1.29, 1.82) is 0 Å². The van der Waals surface area contributed by atoms with Gasteiger partial charge in [-0.3, -0.25) is 4.79 Å². The van der Waals surface area contributed by atoms with E-state index in [0.29, 0.717) is 12.5 Å². The number of carbonyl (C=O) groups is 1. The van der Waals surface area contributed by atoms with E-state index in [-0.39, 0.29) is 5.91 Å². The van der Waals surface area contributed by atoms with Crippen LogP contribution in [0.15, 0.2) is 29.4 Å². The van der Waals surface area contributed by atoms with Gasteiger partial charge in [0.25, 0.3) is 0 Å². The summed E-state index contributed by atoms with van der Waals surface area (Å²) in [4.78, 5) is 10.6. The molecule has 17 heavy (non-hydrogen) atoms. The number of rotatable bonds is 5. The first-order valence-electron chi connectivity index (χ1n) is 5.60. The molecule has 1 aromatic carbocycles. The van der Waals surface area contributed by atoms with Crippen LogP contribution < -0.4 is 10.2 Å². The zero-order chi connectivity index (χ0) is 12.7. The maximum Gasteiger partial charge on any atom is 0.236 e. The summed E-state index contributed by atoms with van der Waals surface area (Å²) in [7, 11) is 0. The largest absolute Gasteiger partial charge is 0.493 e. The molecule has 4 nitrogen and oxygen atoms in total. The summed E-state index contributed by atoms with van der Waals surface area (Å²) in [6.45, 7) is 6.34. The molecule has 1 aromatic rings. The number of nitrogens with one attached hydrogen (secondary N) is 1. The van der Waals surface area contributed by atoms with E-state index < -0.39 is 0 Å². The fourth-order valence-electron chi connectivity index (χ4n) is 1.11. The van der Waals surface area contributed by atoms with Crippen LogP contribution in [0.3, 0.4) is 0 Å². The molecule has 1 N–H and O–H groups in total. The minimum absolute atomic E-state index is 0.182. The van der Waals surface area contributed by atoms with Crippen molar-refractivity contribution in [2.45, 2.75) is 20.8 Å². The first-order chi connectivity index (χ1) is 8.08. The second kappa shape index (κ2) is 6.68. The molecule has 0 atom stereocenters. The lowest BCUT2D eigenvalue weighted by Crippen LogP contribution is -2.12. The molecule has 0 saturated carbocycles. The molecule has 0 aliphatic rings. The molecule has 0 heterocycles. The molecule has 4 heteroatoms. The van der Waals surface area contributed by atoms with Crippen LogP contribution in [-0.4, -0.2) is 18.7 Å². The molecule has 0 aliphatic carbocycles. The summed E-state index contributed by atoms with van der Waals surface area (Å²) in [5.74, 6) is 1.17. The molecule has 92 valence electrons. The number of carbonyl (C=O) groups excluding carboxylic acids is 1. The summed E-state index contributed by atoms with van der Waals surface area (Å²) in [5, 5.41) is 3.78. The monoisotopic (exact) mass is 234 g/mol. The lowest BCUT2D eigenvalue weighted by molar-refractivity contribution is -0.118. The van der Waals surface area contributed by atoms with E-state index in [2.05, 4.69) is 24.4 Å². The van der Waals surface area contributed by atoms with Gasteiger partial charge < -0.3 is 4.74 Å². The van der Waals surface area contributed by atoms with Crippen LogP contribution >= 0.6 is 0 Å². The Morgan fingerprint density at radius 3 is 2.59 bits per heavy atom. The van der Waals surface area contributed by atoms with Crippen molar-refractivity contribution in [2.24, 2.45) is 11.0 Å². The maximum atomic E-state index is 10.6. The van der Waals surface area contributed by atoms with Crippen molar-refractivity contribution < 1.29 is 9.53 Å². The van der Waals surface area contributed by atoms with E-state index in [9.17, 15) is 4.79 Å². The second-order valence-corrected chi connectivity index (χ2v) is 4.20. The van der Waals surface area contributed by atoms with Crippen LogP contribution in [0, 0.1) is 5.92 Å². The molecule has 1 rings (SSSR count). The Kier molecular flexibility index (Phi) is 5.20. The van der Waals surface area contributed by atoms with Crippen molar-refractivity contribution >= 4 is 12.1 Å². The standard InChI is InChI=1S/C13H18N2O2/c1-10(2)9-17-13-6-4-12(5-7-13)8-14-15-11(3)16/h4-8,10H,9H2,1-3H3,(H,15,16). The Bertz CT molecular complexity index is 383. The van der Waals surface area contributed by atoms with E-state index in [1.54, 1.807) is 6.21 Å². The van der Waals surface area contributed by atoms with Crippen molar-refractivity contribution in [2.75, 3.05) is 6.61 Å². The number of hydrazone groups is 1. The highest BCUT2D eigenvalue weighted by Gasteiger charge is 1.96. The number of nitrogens with zero attached hydrogens (tertiary/aromatic N) is 1. The average Bonchev–Trinajstić information content (AvgIpc) is 2.27. The van der Waals surface area contributed by atoms with Gasteiger partial charge >= 0.3 is 0 Å². The predicted molar refractivity (Wildman–Crippen MR) is 68.2 cm³/mol. The Balaban J connectivity index is 2.50. The Morgan fingerprint density at radius 2 is 2.06 bits per heavy atom. The Labute approximate surface area is 102 Å². The van der Waals surface area contributed by atoms with Gasteiger partial charge in [-0.2, -0.15) is 5.10 Å². The number of amides is 1. The van der Waals surface area contributed by atoms with Gasteiger partial charge in [-0.05, 0) is 35.7 Å². The SMILES string of the molecule is CC(=O)NN=Cc1ccc(OCC(C)C)cc1. The highest BCUT2D eigenvalue weighted by Crippen LogP contribution is 2.12. The highest BCUT2D eigenvalue weighted by atomic mass is 16.5. The van der Waals surface area contributed by atoms with Crippen LogP contribution in [-0.2, 0) is 4.79 Å². The normalized spacial score (nSPS) is 10.8. The lowest BCUT2D eigenvalue weighted by atomic mass is 10.2. The second-order valence-electron chi connectivity index (χ2n) is 4.20. The van der Waals surface area contributed by atoms with Crippen molar-refractivity contribution in [1.82, 2.24) is 5.43 Å². The third kappa shape index (κ3) is 5.70. The molecule has 0 saturated heterocycles. The van der Waals surface area contributed by atoms with Gasteiger partial charge in [0.15, 0.2) is 0 Å². The van der Waals surface area contributed by atoms with Gasteiger partial charge in [0.1, 0.15) is 5.75 Å². The van der Waals surface area contributed by atoms with Crippen LogP contribution in [0.4, 0.5) is 0 Å². The summed E-state index contributed by atoms with van der Waals surface area (Å²) < 4.78 is 5.55. The fourth-order valence-corrected chi connectivity index (χ4v) is 1.11. The number of hydrogen-bond donors (Lipinski definition) is 1. The third-order valence-electron chi connectivity index (χ3n) is 1.90. The zero-order valence-electron chi connectivity index (χ0n) is 10.4. The van der Waals surface area contributed by atoms with Gasteiger partial charge in [-0.15, -0.1) is 0 Å². The van der Waals surface area contributed by atoms with Gasteiger partial charge in [-0.1, -0.05) is 13.8 Å². The molecule has 1 amide bonds. The Morgan fingerprint density at radius 1 is 1.41 bits per heavy atom. The maximum absolute atomic E-state index is 10.6. The molecule has 0 fully saturated rings. The highest BCUT2D eigenvalue weighted by molar-refractivity contribution is 5.81. The fraction of sp³-hybridized carbons (Fsp3) is 0.385. The van der Waals surface area contributed by atoms with Gasteiger partial charge in [0, 0.05) is 6.92 Å². The molecule has 0 unspecified atom stereocenters. The molecule has 0 aliphatic heterocycles. The van der Waals surface area contributed by atoms with E-state index >= 15 is 0 Å². The lowest BCUT2D eigenvalue weighted by Gasteiger charge is -2.08. The van der Waals surface area contributed by atoms with Gasteiger partial charge in [-0.25, -0.2) is 5.43 Å². The molecule has 0 aromatic heterocycles. The van der Waals surface area contributed by atoms with E-state index in [1.807, 2.05) is 24.3 Å². The van der Waals surface area contributed by atoms with Crippen LogP contribution in [0.1, 0.15) is 26.3 Å². The van der Waals surface area contributed by atoms with Crippen LogP contribution in [0.2, 0.25) is 0 Å². The first kappa shape index (κ1) is 13.2. The van der Waals surface area contributed by atoms with Gasteiger partial charge in [0.05, 0.1) is 12.8 Å². The Hall–Kier alpha value is -1.84. The molecule has 0 bridgehead atoms. The summed E-state index contributed by atoms with van der Waals surface area (Å²) >= 11 is 0. The number of hydrogen-bond acceptors (Lipinski definition) is 3. The minimum Gasteiger partial charge on any atom is -0.493 e. The first-order valence-corrected chi connectivity index (χ1v) is 5.60. The van der Waals surface area contributed by atoms with Crippen LogP contribution in [0.25, 0.3) is 0 Å². The molecule has 0 spiro atoms. The smallest absolute Gasteiger partial charge is 0.236 e. The van der Waals surface area contributed by atoms with Crippen molar-refractivity contribution in [3.63, 3.8) is 0 Å². The van der Waals surface area contributed by atoms with E-state index in [0.717, 1.165) is 11.3 Å². The number of ether oxygens (including phenoxy) is 1. The van der Waals surface area contributed by atoms with E-state index in [1.165, 1.54) is 6.92 Å². The van der Waals surface area contributed by atoms with E-state index in [4.69, 9.17) is 4.74 Å². The third-order valence-corrected chi connectivity index (χ3v) is 1.90. The van der Waals surface area contributed by atoms with Crippen molar-refractivity contribution in [3.8, 4) is 5.75 Å². The summed E-state index contributed by atoms with van der Waals surface area (Å²) in [6, 6.07) is 7.55.